The van der Waals surface area contributed by atoms with Crippen molar-refractivity contribution in [3.63, 3.8) is 0 Å². The molecule has 0 saturated carbocycles. The summed E-state index contributed by atoms with van der Waals surface area (Å²) in [6.07, 6.45) is 3.49. The van der Waals surface area contributed by atoms with E-state index in [1.54, 1.807) is 6.21 Å². The highest BCUT2D eigenvalue weighted by Crippen LogP contribution is 2.18. The molecule has 4 nitrogen and oxygen atoms in total. The van der Waals surface area contributed by atoms with Crippen molar-refractivity contribution < 1.29 is 9.47 Å². The van der Waals surface area contributed by atoms with Crippen LogP contribution in [0.15, 0.2) is 9.98 Å². The fraction of sp³-hybridized carbons (Fsp3) is 0.818. The van der Waals surface area contributed by atoms with Crippen molar-refractivity contribution in [2.75, 3.05) is 13.2 Å². The number of aliphatic imine (C=N–C) groups is 2. The monoisotopic (exact) mass is 212 g/mol. The topological polar surface area (TPSA) is 43.2 Å². The Morgan fingerprint density at radius 1 is 1.27 bits per heavy atom. The third-order valence-corrected chi connectivity index (χ3v) is 2.20. The van der Waals surface area contributed by atoms with Crippen LogP contribution in [0.1, 0.15) is 27.7 Å². The quantitative estimate of drug-likeness (QED) is 0.653. The van der Waals surface area contributed by atoms with Crippen LogP contribution in [0.2, 0.25) is 0 Å². The lowest BCUT2D eigenvalue weighted by molar-refractivity contribution is -0.174. The first-order valence-electron chi connectivity index (χ1n) is 5.51. The van der Waals surface area contributed by atoms with E-state index in [0.717, 1.165) is 0 Å². The second-order valence-electron chi connectivity index (χ2n) is 3.79. The number of hydrogen-bond acceptors (Lipinski definition) is 4. The average Bonchev–Trinajstić information content (AvgIpc) is 2.19. The maximum atomic E-state index is 5.47. The van der Waals surface area contributed by atoms with Crippen LogP contribution in [0.25, 0.3) is 0 Å². The predicted molar refractivity (Wildman–Crippen MR) is 61.6 cm³/mol. The third-order valence-electron chi connectivity index (χ3n) is 2.20. The molecule has 4 heteroatoms. The maximum Gasteiger partial charge on any atom is 0.307 e. The number of ether oxygens (including phenoxy) is 2. The lowest BCUT2D eigenvalue weighted by atomic mass is 10.1. The van der Waals surface area contributed by atoms with Gasteiger partial charge in [-0.25, -0.2) is 4.99 Å². The summed E-state index contributed by atoms with van der Waals surface area (Å²) in [4.78, 5) is 8.72. The molecule has 0 spiro atoms. The van der Waals surface area contributed by atoms with E-state index in [-0.39, 0.29) is 6.04 Å². The summed E-state index contributed by atoms with van der Waals surface area (Å²) in [5.41, 5.74) is 0. The predicted octanol–water partition coefficient (Wildman–Crippen LogP) is 1.89. The van der Waals surface area contributed by atoms with Gasteiger partial charge >= 0.3 is 5.91 Å². The van der Waals surface area contributed by atoms with Crippen molar-refractivity contribution in [3.8, 4) is 0 Å². The molecule has 0 amide bonds. The van der Waals surface area contributed by atoms with E-state index in [1.807, 2.05) is 20.1 Å². The molecule has 1 aliphatic rings. The van der Waals surface area contributed by atoms with Crippen molar-refractivity contribution in [1.82, 2.24) is 0 Å². The van der Waals surface area contributed by atoms with E-state index in [4.69, 9.17) is 9.47 Å². The smallest absolute Gasteiger partial charge is 0.307 e. The summed E-state index contributed by atoms with van der Waals surface area (Å²) in [6.45, 7) is 9.16. The van der Waals surface area contributed by atoms with Gasteiger partial charge < -0.3 is 9.47 Å². The Labute approximate surface area is 91.4 Å². The van der Waals surface area contributed by atoms with Crippen LogP contribution < -0.4 is 0 Å². The molecule has 1 heterocycles. The van der Waals surface area contributed by atoms with E-state index in [0.29, 0.717) is 19.1 Å². The van der Waals surface area contributed by atoms with E-state index in [1.165, 1.54) is 0 Å². The zero-order chi connectivity index (χ0) is 11.3. The van der Waals surface area contributed by atoms with Gasteiger partial charge in [0.2, 0.25) is 0 Å². The molecule has 1 aliphatic heterocycles. The van der Waals surface area contributed by atoms with Gasteiger partial charge in [0.1, 0.15) is 0 Å². The summed E-state index contributed by atoms with van der Waals surface area (Å²) in [5, 5.41) is 0. The molecule has 0 saturated heterocycles. The molecule has 1 unspecified atom stereocenters. The fourth-order valence-corrected chi connectivity index (χ4v) is 1.38. The standard InChI is InChI=1S/C11H20N2O2/c1-5-14-11(15-6-2)8-12-10(7-13-11)9(3)4/h7-10H,5-6H2,1-4H3. The number of nitrogens with zero attached hydrogens (tertiary/aromatic N) is 2. The van der Waals surface area contributed by atoms with Gasteiger partial charge in [-0.05, 0) is 19.8 Å². The SMILES string of the molecule is CCOC1(OCC)C=NC(C(C)C)C=N1. The molecule has 0 aromatic heterocycles. The Morgan fingerprint density at radius 2 is 1.87 bits per heavy atom. The second-order valence-corrected chi connectivity index (χ2v) is 3.79. The molecule has 0 radical (unpaired) electrons. The van der Waals surface area contributed by atoms with Gasteiger partial charge in [-0.3, -0.25) is 4.99 Å². The normalized spacial score (nSPS) is 23.7. The van der Waals surface area contributed by atoms with Crippen LogP contribution in [-0.4, -0.2) is 37.6 Å². The van der Waals surface area contributed by atoms with Gasteiger partial charge in [-0.2, -0.15) is 0 Å². The minimum atomic E-state index is -0.977. The molecular weight excluding hydrogens is 192 g/mol. The summed E-state index contributed by atoms with van der Waals surface area (Å²) in [7, 11) is 0. The Hall–Kier alpha value is -0.740. The first-order chi connectivity index (χ1) is 7.13. The molecule has 0 aromatic carbocycles. The summed E-state index contributed by atoms with van der Waals surface area (Å²) < 4.78 is 10.9. The van der Waals surface area contributed by atoms with Crippen LogP contribution in [0, 0.1) is 5.92 Å². The van der Waals surface area contributed by atoms with Gasteiger partial charge in [-0.1, -0.05) is 13.8 Å². The Bertz CT molecular complexity index is 227. The Kier molecular flexibility index (Phi) is 4.42. The molecule has 0 N–H and O–H groups in total. The second kappa shape index (κ2) is 5.37. The van der Waals surface area contributed by atoms with Crippen LogP contribution in [0.5, 0.6) is 0 Å². The molecular formula is C11H20N2O2. The molecule has 15 heavy (non-hydrogen) atoms. The molecule has 0 aromatic rings. The van der Waals surface area contributed by atoms with Crippen LogP contribution >= 0.6 is 0 Å². The largest absolute Gasteiger partial charge is 0.327 e. The molecule has 1 atom stereocenters. The Morgan fingerprint density at radius 3 is 2.20 bits per heavy atom. The van der Waals surface area contributed by atoms with Crippen molar-refractivity contribution in [1.29, 1.82) is 0 Å². The highest BCUT2D eigenvalue weighted by atomic mass is 16.7. The van der Waals surface area contributed by atoms with Gasteiger partial charge in [0.25, 0.3) is 0 Å². The zero-order valence-corrected chi connectivity index (χ0v) is 9.93. The molecule has 0 aliphatic carbocycles. The molecule has 0 fully saturated rings. The third kappa shape index (κ3) is 3.11. The highest BCUT2D eigenvalue weighted by molar-refractivity contribution is 5.79. The van der Waals surface area contributed by atoms with E-state index < -0.39 is 5.91 Å². The molecule has 86 valence electrons. The maximum absolute atomic E-state index is 5.47. The minimum absolute atomic E-state index is 0.138. The van der Waals surface area contributed by atoms with E-state index in [2.05, 4.69) is 23.8 Å². The highest BCUT2D eigenvalue weighted by Gasteiger charge is 2.31. The van der Waals surface area contributed by atoms with Gasteiger partial charge in [-0.15, -0.1) is 0 Å². The summed E-state index contributed by atoms with van der Waals surface area (Å²) in [6, 6.07) is 0.138. The van der Waals surface area contributed by atoms with Crippen LogP contribution in [-0.2, 0) is 9.47 Å². The van der Waals surface area contributed by atoms with Crippen molar-refractivity contribution in [3.05, 3.63) is 0 Å². The van der Waals surface area contributed by atoms with E-state index in [9.17, 15) is 0 Å². The van der Waals surface area contributed by atoms with Crippen LogP contribution in [0.3, 0.4) is 0 Å². The van der Waals surface area contributed by atoms with Crippen molar-refractivity contribution in [2.45, 2.75) is 39.6 Å². The van der Waals surface area contributed by atoms with Gasteiger partial charge in [0.15, 0.2) is 0 Å². The minimum Gasteiger partial charge on any atom is -0.327 e. The van der Waals surface area contributed by atoms with Gasteiger partial charge in [0.05, 0.1) is 12.3 Å². The summed E-state index contributed by atoms with van der Waals surface area (Å²) >= 11 is 0. The molecule has 0 bridgehead atoms. The van der Waals surface area contributed by atoms with Crippen molar-refractivity contribution >= 4 is 12.4 Å². The zero-order valence-electron chi connectivity index (χ0n) is 9.93. The molecule has 1 rings (SSSR count). The summed E-state index contributed by atoms with van der Waals surface area (Å²) in [5.74, 6) is -0.527. The lowest BCUT2D eigenvalue weighted by Crippen LogP contribution is -2.40. The van der Waals surface area contributed by atoms with E-state index >= 15 is 0 Å². The average molecular weight is 212 g/mol. The Balaban J connectivity index is 2.71. The fourth-order valence-electron chi connectivity index (χ4n) is 1.38. The van der Waals surface area contributed by atoms with Crippen LogP contribution in [0.4, 0.5) is 0 Å². The first kappa shape index (κ1) is 12.3. The van der Waals surface area contributed by atoms with Crippen molar-refractivity contribution in [2.24, 2.45) is 15.9 Å². The number of rotatable bonds is 5. The van der Waals surface area contributed by atoms with Gasteiger partial charge in [0, 0.05) is 19.4 Å². The lowest BCUT2D eigenvalue weighted by Gasteiger charge is -2.29. The first-order valence-corrected chi connectivity index (χ1v) is 5.51. The number of hydrogen-bond donors (Lipinski definition) is 0.